The van der Waals surface area contributed by atoms with Crippen LogP contribution in [0.15, 0.2) is 0 Å². The number of hydrogen-bond acceptors (Lipinski definition) is 6. The quantitative estimate of drug-likeness (QED) is 0.679. The van der Waals surface area contributed by atoms with Crippen molar-refractivity contribution in [1.29, 1.82) is 0 Å². The molecule has 2 aliphatic rings. The summed E-state index contributed by atoms with van der Waals surface area (Å²) in [6.07, 6.45) is 3.03. The zero-order chi connectivity index (χ0) is 20.2. The largest absolute Gasteiger partial charge is 0.467 e. The van der Waals surface area contributed by atoms with Gasteiger partial charge in [-0.1, -0.05) is 6.92 Å². The van der Waals surface area contributed by atoms with Crippen molar-refractivity contribution in [3.8, 4) is 0 Å². The van der Waals surface area contributed by atoms with Crippen LogP contribution in [-0.4, -0.2) is 79.5 Å². The van der Waals surface area contributed by atoms with Crippen molar-refractivity contribution >= 4 is 12.1 Å². The van der Waals surface area contributed by atoms with Crippen LogP contribution in [0.5, 0.6) is 0 Å². The van der Waals surface area contributed by atoms with Crippen LogP contribution in [0.1, 0.15) is 53.4 Å². The SMILES string of the molecule is COC(=O)C(CC1CCCN1C1CCN(C(=O)OC(C)(C)C)CC1C)OC. The number of esters is 1. The van der Waals surface area contributed by atoms with Crippen LogP contribution < -0.4 is 0 Å². The Labute approximate surface area is 163 Å². The highest BCUT2D eigenvalue weighted by Gasteiger charge is 2.40. The van der Waals surface area contributed by atoms with Crippen LogP contribution in [0.4, 0.5) is 4.79 Å². The third-order valence-corrected chi connectivity index (χ3v) is 5.60. The average Bonchev–Trinajstić information content (AvgIpc) is 3.05. The van der Waals surface area contributed by atoms with Gasteiger partial charge in [-0.05, 0) is 58.9 Å². The monoisotopic (exact) mass is 384 g/mol. The van der Waals surface area contributed by atoms with Gasteiger partial charge in [-0.2, -0.15) is 0 Å². The molecule has 0 aromatic carbocycles. The van der Waals surface area contributed by atoms with Gasteiger partial charge < -0.3 is 19.1 Å². The van der Waals surface area contributed by atoms with E-state index in [-0.39, 0.29) is 12.1 Å². The second-order valence-electron chi connectivity index (χ2n) is 8.78. The summed E-state index contributed by atoms with van der Waals surface area (Å²) in [6.45, 7) is 10.3. The summed E-state index contributed by atoms with van der Waals surface area (Å²) in [5.74, 6) is 0.0446. The Morgan fingerprint density at radius 1 is 1.15 bits per heavy atom. The number of likely N-dealkylation sites (tertiary alicyclic amines) is 2. The van der Waals surface area contributed by atoms with Crippen LogP contribution in [0.3, 0.4) is 0 Å². The Morgan fingerprint density at radius 3 is 2.41 bits per heavy atom. The highest BCUT2D eigenvalue weighted by Crippen LogP contribution is 2.32. The number of nitrogens with zero attached hydrogens (tertiary/aromatic N) is 2. The fourth-order valence-electron chi connectivity index (χ4n) is 4.33. The third kappa shape index (κ3) is 5.82. The molecule has 7 nitrogen and oxygen atoms in total. The number of rotatable bonds is 5. The standard InChI is InChI=1S/C20H36N2O5/c1-14-13-21(19(24)27-20(2,3)4)11-9-16(14)22-10-7-8-15(22)12-17(25-5)18(23)26-6/h14-17H,7-13H2,1-6H3. The summed E-state index contributed by atoms with van der Waals surface area (Å²) in [5.41, 5.74) is -0.472. The van der Waals surface area contributed by atoms with Gasteiger partial charge in [-0.25, -0.2) is 9.59 Å². The van der Waals surface area contributed by atoms with E-state index in [0.717, 1.165) is 25.8 Å². The third-order valence-electron chi connectivity index (χ3n) is 5.60. The Bertz CT molecular complexity index is 519. The number of ether oxygens (including phenoxy) is 3. The second kappa shape index (κ2) is 9.24. The first-order chi connectivity index (χ1) is 12.7. The van der Waals surface area contributed by atoms with Gasteiger partial charge in [-0.15, -0.1) is 0 Å². The van der Waals surface area contributed by atoms with Crippen LogP contribution in [0, 0.1) is 5.92 Å². The van der Waals surface area contributed by atoms with E-state index >= 15 is 0 Å². The normalized spacial score (nSPS) is 28.1. The van der Waals surface area contributed by atoms with Gasteiger partial charge in [0.15, 0.2) is 6.10 Å². The maximum Gasteiger partial charge on any atom is 0.410 e. The van der Waals surface area contributed by atoms with Gasteiger partial charge in [0.05, 0.1) is 7.11 Å². The lowest BCUT2D eigenvalue weighted by Crippen LogP contribution is -2.54. The smallest absolute Gasteiger partial charge is 0.410 e. The number of carbonyl (C=O) groups is 2. The fraction of sp³-hybridized carbons (Fsp3) is 0.900. The van der Waals surface area contributed by atoms with Crippen LogP contribution in [-0.2, 0) is 19.0 Å². The lowest BCUT2D eigenvalue weighted by atomic mass is 9.91. The van der Waals surface area contributed by atoms with Crippen molar-refractivity contribution in [3.63, 3.8) is 0 Å². The number of carbonyl (C=O) groups excluding carboxylic acids is 2. The topological polar surface area (TPSA) is 68.3 Å². The van der Waals surface area contributed by atoms with E-state index in [1.807, 2.05) is 25.7 Å². The Balaban J connectivity index is 1.96. The lowest BCUT2D eigenvalue weighted by molar-refractivity contribution is -0.153. The molecule has 2 aliphatic heterocycles. The first-order valence-electron chi connectivity index (χ1n) is 10.0. The minimum absolute atomic E-state index is 0.226. The fourth-order valence-corrected chi connectivity index (χ4v) is 4.33. The summed E-state index contributed by atoms with van der Waals surface area (Å²) >= 11 is 0. The molecule has 0 radical (unpaired) electrons. The van der Waals surface area contributed by atoms with Crippen molar-refractivity contribution in [1.82, 2.24) is 9.80 Å². The molecule has 0 aromatic heterocycles. The molecule has 27 heavy (non-hydrogen) atoms. The number of amides is 1. The van der Waals surface area contributed by atoms with E-state index < -0.39 is 11.7 Å². The van der Waals surface area contributed by atoms with E-state index in [9.17, 15) is 9.59 Å². The van der Waals surface area contributed by atoms with Gasteiger partial charge in [0.25, 0.3) is 0 Å². The van der Waals surface area contributed by atoms with Crippen LogP contribution in [0.25, 0.3) is 0 Å². The van der Waals surface area contributed by atoms with Crippen molar-refractivity contribution < 1.29 is 23.8 Å². The summed E-state index contributed by atoms with van der Waals surface area (Å²) in [4.78, 5) is 28.6. The predicted octanol–water partition coefficient (Wildman–Crippen LogP) is 2.67. The van der Waals surface area contributed by atoms with E-state index in [1.54, 1.807) is 7.11 Å². The predicted molar refractivity (Wildman–Crippen MR) is 103 cm³/mol. The maximum atomic E-state index is 12.4. The molecular weight excluding hydrogens is 348 g/mol. The van der Waals surface area contributed by atoms with Crippen molar-refractivity contribution in [2.75, 3.05) is 33.9 Å². The lowest BCUT2D eigenvalue weighted by Gasteiger charge is -2.43. The maximum absolute atomic E-state index is 12.4. The van der Waals surface area contributed by atoms with E-state index in [1.165, 1.54) is 7.11 Å². The van der Waals surface area contributed by atoms with E-state index in [2.05, 4.69) is 11.8 Å². The Hall–Kier alpha value is -1.34. The molecule has 156 valence electrons. The van der Waals surface area contributed by atoms with Gasteiger partial charge in [0, 0.05) is 32.3 Å². The zero-order valence-electron chi connectivity index (χ0n) is 17.7. The van der Waals surface area contributed by atoms with Gasteiger partial charge >= 0.3 is 12.1 Å². The first kappa shape index (κ1) is 22.0. The molecule has 1 amide bonds. The van der Waals surface area contributed by atoms with Gasteiger partial charge in [-0.3, -0.25) is 4.90 Å². The molecule has 2 heterocycles. The summed E-state index contributed by atoms with van der Waals surface area (Å²) in [6, 6.07) is 0.723. The Kier molecular flexibility index (Phi) is 7.51. The van der Waals surface area contributed by atoms with E-state index in [0.29, 0.717) is 37.5 Å². The molecule has 4 unspecified atom stereocenters. The van der Waals surface area contributed by atoms with Gasteiger partial charge in [0.2, 0.25) is 0 Å². The molecule has 4 atom stereocenters. The molecular formula is C20H36N2O5. The number of hydrogen-bond donors (Lipinski definition) is 0. The van der Waals surface area contributed by atoms with Gasteiger partial charge in [0.1, 0.15) is 5.60 Å². The van der Waals surface area contributed by atoms with Crippen molar-refractivity contribution in [3.05, 3.63) is 0 Å². The minimum atomic E-state index is -0.516. The molecule has 2 rings (SSSR count). The van der Waals surface area contributed by atoms with Crippen LogP contribution >= 0.6 is 0 Å². The summed E-state index contributed by atoms with van der Waals surface area (Å²) in [7, 11) is 2.96. The molecule has 0 aliphatic carbocycles. The summed E-state index contributed by atoms with van der Waals surface area (Å²) < 4.78 is 15.7. The molecule has 0 bridgehead atoms. The Morgan fingerprint density at radius 2 is 1.85 bits per heavy atom. The van der Waals surface area contributed by atoms with Crippen LogP contribution in [0.2, 0.25) is 0 Å². The average molecular weight is 385 g/mol. The van der Waals surface area contributed by atoms with E-state index in [4.69, 9.17) is 14.2 Å². The highest BCUT2D eigenvalue weighted by atomic mass is 16.6. The second-order valence-corrected chi connectivity index (χ2v) is 8.78. The molecule has 0 aromatic rings. The number of piperidine rings is 1. The molecule has 0 spiro atoms. The first-order valence-corrected chi connectivity index (χ1v) is 10.0. The highest BCUT2D eigenvalue weighted by molar-refractivity contribution is 5.74. The molecule has 2 fully saturated rings. The minimum Gasteiger partial charge on any atom is -0.467 e. The van der Waals surface area contributed by atoms with Crippen molar-refractivity contribution in [2.24, 2.45) is 5.92 Å². The molecule has 0 saturated carbocycles. The molecule has 0 N–H and O–H groups in total. The van der Waals surface area contributed by atoms with Crippen molar-refractivity contribution in [2.45, 2.75) is 77.2 Å². The molecule has 7 heteroatoms. The number of methoxy groups -OCH3 is 2. The molecule has 2 saturated heterocycles. The summed E-state index contributed by atoms with van der Waals surface area (Å²) in [5, 5.41) is 0. The zero-order valence-corrected chi connectivity index (χ0v) is 17.7.